The van der Waals surface area contributed by atoms with E-state index in [0.717, 1.165) is 6.42 Å². The Kier molecular flexibility index (Phi) is 5.94. The molecular weight excluding hydrogens is 272 g/mol. The maximum absolute atomic E-state index is 10.4. The molecule has 2 unspecified atom stereocenters. The highest BCUT2D eigenvalue weighted by molar-refractivity contribution is 7.80. The molecule has 1 saturated heterocycles. The predicted octanol–water partition coefficient (Wildman–Crippen LogP) is 1.72. The summed E-state index contributed by atoms with van der Waals surface area (Å²) in [5, 5.41) is 0. The Morgan fingerprint density at radius 1 is 1.32 bits per heavy atom. The fraction of sp³-hybridized carbons (Fsp3) is 0.833. The van der Waals surface area contributed by atoms with E-state index in [4.69, 9.17) is 14.0 Å². The van der Waals surface area contributed by atoms with Crippen molar-refractivity contribution in [3.05, 3.63) is 12.2 Å². The van der Waals surface area contributed by atoms with Crippen molar-refractivity contribution < 1.29 is 26.6 Å². The maximum Gasteiger partial charge on any atom is 0.397 e. The average molecular weight is 294 g/mol. The highest BCUT2D eigenvalue weighted by atomic mass is 32.3. The van der Waals surface area contributed by atoms with Gasteiger partial charge in [0.25, 0.3) is 0 Å². The fourth-order valence-electron chi connectivity index (χ4n) is 1.94. The highest BCUT2D eigenvalue weighted by Crippen LogP contribution is 2.22. The molecule has 2 atom stereocenters. The molecule has 0 aromatic rings. The van der Waals surface area contributed by atoms with Crippen LogP contribution in [0.2, 0.25) is 0 Å². The maximum atomic E-state index is 10.4. The van der Waals surface area contributed by atoms with E-state index >= 15 is 0 Å². The van der Waals surface area contributed by atoms with Crippen molar-refractivity contribution in [2.75, 3.05) is 13.2 Å². The molecule has 1 N–H and O–H groups in total. The number of ether oxygens (including phenoxy) is 2. The van der Waals surface area contributed by atoms with Crippen LogP contribution in [0.1, 0.15) is 33.6 Å². The minimum absolute atomic E-state index is 0.0699. The molecule has 112 valence electrons. The molecule has 1 fully saturated rings. The minimum Gasteiger partial charge on any atom is -0.370 e. The zero-order valence-corrected chi connectivity index (χ0v) is 12.4. The summed E-state index contributed by atoms with van der Waals surface area (Å²) in [5.74, 6) is 0. The highest BCUT2D eigenvalue weighted by Gasteiger charge is 2.28. The topological polar surface area (TPSA) is 82.1 Å². The summed E-state index contributed by atoms with van der Waals surface area (Å²) in [6.07, 6.45) is 4.97. The van der Waals surface area contributed by atoms with Crippen LogP contribution < -0.4 is 0 Å². The Morgan fingerprint density at radius 2 is 1.89 bits per heavy atom. The third-order valence-electron chi connectivity index (χ3n) is 2.81. The van der Waals surface area contributed by atoms with Gasteiger partial charge in [-0.25, -0.2) is 4.18 Å². The van der Waals surface area contributed by atoms with E-state index in [1.165, 1.54) is 0 Å². The van der Waals surface area contributed by atoms with Crippen LogP contribution in [0.3, 0.4) is 0 Å². The SMILES string of the molecule is C/C=C/C(C)(C)OCC1CCC(COS(=O)(=O)O)O1. The molecule has 19 heavy (non-hydrogen) atoms. The van der Waals surface area contributed by atoms with Crippen LogP contribution in [0, 0.1) is 0 Å². The summed E-state index contributed by atoms with van der Waals surface area (Å²) in [6, 6.07) is 0. The van der Waals surface area contributed by atoms with Crippen LogP contribution in [0.25, 0.3) is 0 Å². The second-order valence-corrected chi connectivity index (χ2v) is 6.18. The molecule has 1 aliphatic heterocycles. The van der Waals surface area contributed by atoms with Crippen molar-refractivity contribution in [2.24, 2.45) is 0 Å². The Morgan fingerprint density at radius 3 is 2.42 bits per heavy atom. The van der Waals surface area contributed by atoms with Gasteiger partial charge in [-0.05, 0) is 33.6 Å². The first-order chi connectivity index (χ1) is 8.72. The third-order valence-corrected chi connectivity index (χ3v) is 3.24. The van der Waals surface area contributed by atoms with E-state index in [-0.39, 0.29) is 24.4 Å². The normalized spacial score (nSPS) is 25.3. The number of rotatable bonds is 7. The first-order valence-electron chi connectivity index (χ1n) is 6.27. The van der Waals surface area contributed by atoms with Crippen molar-refractivity contribution >= 4 is 10.4 Å². The standard InChI is InChI=1S/C12H22O6S/c1-4-7-12(2,3)16-8-10-5-6-11(18-10)9-17-19(13,14)15/h4,7,10-11H,5-6,8-9H2,1-3H3,(H,13,14,15)/b7-4+. The molecular formula is C12H22O6S. The van der Waals surface area contributed by atoms with Gasteiger partial charge < -0.3 is 9.47 Å². The van der Waals surface area contributed by atoms with Gasteiger partial charge in [-0.3, -0.25) is 4.55 Å². The smallest absolute Gasteiger partial charge is 0.370 e. The average Bonchev–Trinajstić information content (AvgIpc) is 2.71. The third kappa shape index (κ3) is 7.03. The molecule has 0 bridgehead atoms. The van der Waals surface area contributed by atoms with Gasteiger partial charge >= 0.3 is 10.4 Å². The molecule has 0 saturated carbocycles. The van der Waals surface area contributed by atoms with Crippen LogP contribution >= 0.6 is 0 Å². The van der Waals surface area contributed by atoms with Crippen LogP contribution in [0.5, 0.6) is 0 Å². The lowest BCUT2D eigenvalue weighted by atomic mass is 10.1. The lowest BCUT2D eigenvalue weighted by Crippen LogP contribution is -2.28. The van der Waals surface area contributed by atoms with Gasteiger partial charge in [-0.15, -0.1) is 0 Å². The molecule has 1 aliphatic rings. The first kappa shape index (κ1) is 16.6. The van der Waals surface area contributed by atoms with Crippen molar-refractivity contribution in [3.8, 4) is 0 Å². The summed E-state index contributed by atoms with van der Waals surface area (Å²) in [6.45, 7) is 6.13. The van der Waals surface area contributed by atoms with E-state index in [1.54, 1.807) is 0 Å². The first-order valence-corrected chi connectivity index (χ1v) is 7.63. The number of allylic oxidation sites excluding steroid dienone is 1. The molecule has 1 rings (SSSR count). The van der Waals surface area contributed by atoms with E-state index < -0.39 is 10.4 Å². The van der Waals surface area contributed by atoms with Gasteiger partial charge in [0.1, 0.15) is 0 Å². The summed E-state index contributed by atoms with van der Waals surface area (Å²) in [4.78, 5) is 0. The van der Waals surface area contributed by atoms with E-state index in [0.29, 0.717) is 13.0 Å². The van der Waals surface area contributed by atoms with Crippen LogP contribution in [0.15, 0.2) is 12.2 Å². The molecule has 0 aromatic carbocycles. The zero-order chi connectivity index (χ0) is 14.5. The van der Waals surface area contributed by atoms with Crippen molar-refractivity contribution in [3.63, 3.8) is 0 Å². The molecule has 0 spiro atoms. The Labute approximate surface area is 114 Å². The van der Waals surface area contributed by atoms with Gasteiger partial charge in [0.15, 0.2) is 0 Å². The lowest BCUT2D eigenvalue weighted by Gasteiger charge is -2.23. The molecule has 0 radical (unpaired) electrons. The van der Waals surface area contributed by atoms with Gasteiger partial charge in [-0.1, -0.05) is 12.2 Å². The van der Waals surface area contributed by atoms with Crippen LogP contribution in [0.4, 0.5) is 0 Å². The molecule has 7 heteroatoms. The summed E-state index contributed by atoms with van der Waals surface area (Å²) < 4.78 is 45.0. The number of hydrogen-bond donors (Lipinski definition) is 1. The second-order valence-electron chi connectivity index (χ2n) is 5.08. The summed E-state index contributed by atoms with van der Waals surface area (Å²) in [7, 11) is -4.39. The largest absolute Gasteiger partial charge is 0.397 e. The van der Waals surface area contributed by atoms with Gasteiger partial charge in [0.05, 0.1) is 31.0 Å². The molecule has 6 nitrogen and oxygen atoms in total. The van der Waals surface area contributed by atoms with Gasteiger partial charge in [0.2, 0.25) is 0 Å². The van der Waals surface area contributed by atoms with Crippen molar-refractivity contribution in [2.45, 2.75) is 51.4 Å². The van der Waals surface area contributed by atoms with Gasteiger partial charge in [-0.2, -0.15) is 8.42 Å². The molecule has 0 aromatic heterocycles. The van der Waals surface area contributed by atoms with Gasteiger partial charge in [0, 0.05) is 0 Å². The number of hydrogen-bond acceptors (Lipinski definition) is 5. The van der Waals surface area contributed by atoms with Crippen molar-refractivity contribution in [1.82, 2.24) is 0 Å². The van der Waals surface area contributed by atoms with Crippen molar-refractivity contribution in [1.29, 1.82) is 0 Å². The minimum atomic E-state index is -4.39. The molecule has 1 heterocycles. The molecule has 0 aliphatic carbocycles. The monoisotopic (exact) mass is 294 g/mol. The van der Waals surface area contributed by atoms with E-state index in [2.05, 4.69) is 4.18 Å². The summed E-state index contributed by atoms with van der Waals surface area (Å²) >= 11 is 0. The van der Waals surface area contributed by atoms with E-state index in [1.807, 2.05) is 32.9 Å². The summed E-state index contributed by atoms with van der Waals surface area (Å²) in [5.41, 5.74) is -0.346. The fourth-order valence-corrected chi connectivity index (χ4v) is 2.27. The quantitative estimate of drug-likeness (QED) is 0.569. The predicted molar refractivity (Wildman–Crippen MR) is 70.2 cm³/mol. The van der Waals surface area contributed by atoms with Crippen LogP contribution in [-0.4, -0.2) is 44.0 Å². The zero-order valence-electron chi connectivity index (χ0n) is 11.5. The van der Waals surface area contributed by atoms with Crippen LogP contribution in [-0.2, 0) is 24.1 Å². The Bertz CT molecular complexity index is 400. The Balaban J connectivity index is 2.29. The van der Waals surface area contributed by atoms with E-state index in [9.17, 15) is 8.42 Å². The lowest BCUT2D eigenvalue weighted by molar-refractivity contribution is -0.0642. The Hall–Kier alpha value is -0.470. The molecule has 0 amide bonds. The second kappa shape index (κ2) is 6.81.